The van der Waals surface area contributed by atoms with Crippen molar-refractivity contribution >= 4 is 40.8 Å². The summed E-state index contributed by atoms with van der Waals surface area (Å²) < 4.78 is 4.87. The van der Waals surface area contributed by atoms with Crippen LogP contribution in [0.25, 0.3) is 0 Å². The van der Waals surface area contributed by atoms with Gasteiger partial charge in [0.1, 0.15) is 0 Å². The van der Waals surface area contributed by atoms with Gasteiger partial charge in [-0.15, -0.1) is 11.6 Å². The Kier molecular flexibility index (Phi) is 4.71. The molecule has 0 N–H and O–H groups in total. The van der Waals surface area contributed by atoms with Gasteiger partial charge in [-0.25, -0.2) is 4.79 Å². The van der Waals surface area contributed by atoms with Crippen LogP contribution in [0.5, 0.6) is 0 Å². The Labute approximate surface area is 103 Å². The number of carbonyl (C=O) groups excluding carboxylic acids is 1. The maximum Gasteiger partial charge on any atom is 0.340 e. The van der Waals surface area contributed by atoms with Crippen LogP contribution >= 0.6 is 34.8 Å². The van der Waals surface area contributed by atoms with Crippen LogP contribution in [-0.4, -0.2) is 12.6 Å². The molecule has 0 bridgehead atoms. The van der Waals surface area contributed by atoms with Crippen LogP contribution in [-0.2, 0) is 10.6 Å². The molecule has 1 aromatic carbocycles. The molecule has 0 unspecified atom stereocenters. The smallest absolute Gasteiger partial charge is 0.340 e. The number of alkyl halides is 1. The third-order valence-electron chi connectivity index (χ3n) is 1.82. The summed E-state index contributed by atoms with van der Waals surface area (Å²) in [5.41, 5.74) is 0.755. The van der Waals surface area contributed by atoms with Crippen LogP contribution in [0.3, 0.4) is 0 Å². The Morgan fingerprint density at radius 1 is 1.33 bits per heavy atom. The quantitative estimate of drug-likeness (QED) is 0.613. The number of ether oxygens (including phenoxy) is 1. The van der Waals surface area contributed by atoms with Gasteiger partial charge < -0.3 is 4.74 Å². The first-order chi connectivity index (χ1) is 7.11. The third-order valence-corrected chi connectivity index (χ3v) is 2.75. The van der Waals surface area contributed by atoms with Gasteiger partial charge in [-0.1, -0.05) is 23.2 Å². The van der Waals surface area contributed by atoms with Crippen LogP contribution in [0.4, 0.5) is 0 Å². The molecule has 0 aliphatic heterocycles. The van der Waals surface area contributed by atoms with E-state index in [0.717, 1.165) is 0 Å². The summed E-state index contributed by atoms with van der Waals surface area (Å²) in [7, 11) is 0. The molecule has 15 heavy (non-hydrogen) atoms. The molecular weight excluding hydrogens is 258 g/mol. The van der Waals surface area contributed by atoms with Gasteiger partial charge in [-0.2, -0.15) is 0 Å². The van der Waals surface area contributed by atoms with E-state index in [0.29, 0.717) is 15.6 Å². The van der Waals surface area contributed by atoms with Gasteiger partial charge in [0.25, 0.3) is 0 Å². The molecule has 0 aliphatic carbocycles. The highest BCUT2D eigenvalue weighted by atomic mass is 35.5. The van der Waals surface area contributed by atoms with Crippen molar-refractivity contribution in [3.05, 3.63) is 33.3 Å². The zero-order chi connectivity index (χ0) is 11.4. The topological polar surface area (TPSA) is 26.3 Å². The summed E-state index contributed by atoms with van der Waals surface area (Å²) in [5, 5.41) is 0.714. The molecule has 0 aliphatic rings. The average Bonchev–Trinajstić information content (AvgIpc) is 2.21. The molecule has 0 radical (unpaired) electrons. The monoisotopic (exact) mass is 266 g/mol. The maximum atomic E-state index is 11.6. The predicted octanol–water partition coefficient (Wildman–Crippen LogP) is 3.91. The van der Waals surface area contributed by atoms with Gasteiger partial charge in [-0.3, -0.25) is 0 Å². The van der Waals surface area contributed by atoms with E-state index in [-0.39, 0.29) is 18.1 Å². The number of halogens is 3. The van der Waals surface area contributed by atoms with E-state index in [9.17, 15) is 4.79 Å². The second-order valence-corrected chi connectivity index (χ2v) is 3.82. The molecule has 0 amide bonds. The summed E-state index contributed by atoms with van der Waals surface area (Å²) >= 11 is 17.5. The molecule has 2 nitrogen and oxygen atoms in total. The number of carbonyl (C=O) groups is 1. The van der Waals surface area contributed by atoms with Crippen molar-refractivity contribution in [2.45, 2.75) is 12.8 Å². The van der Waals surface area contributed by atoms with E-state index in [1.807, 2.05) is 0 Å². The fourth-order valence-electron chi connectivity index (χ4n) is 1.15. The Morgan fingerprint density at radius 3 is 2.47 bits per heavy atom. The van der Waals surface area contributed by atoms with Crippen molar-refractivity contribution in [3.63, 3.8) is 0 Å². The first-order valence-corrected chi connectivity index (χ1v) is 5.60. The molecule has 5 heteroatoms. The zero-order valence-corrected chi connectivity index (χ0v) is 10.3. The molecular formula is C10H9Cl3O2. The lowest BCUT2D eigenvalue weighted by Gasteiger charge is -2.09. The molecule has 0 saturated heterocycles. The molecule has 0 fully saturated rings. The summed E-state index contributed by atoms with van der Waals surface area (Å²) in [4.78, 5) is 11.6. The second-order valence-electron chi connectivity index (χ2n) is 2.74. The lowest BCUT2D eigenvalue weighted by Crippen LogP contribution is -2.08. The van der Waals surface area contributed by atoms with Gasteiger partial charge in [0.15, 0.2) is 0 Å². The lowest BCUT2D eigenvalue weighted by molar-refractivity contribution is 0.0525. The van der Waals surface area contributed by atoms with Crippen LogP contribution < -0.4 is 0 Å². The minimum Gasteiger partial charge on any atom is -0.462 e. The Morgan fingerprint density at radius 2 is 1.93 bits per heavy atom. The molecule has 0 heterocycles. The number of esters is 1. The molecule has 0 atom stereocenters. The summed E-state index contributed by atoms with van der Waals surface area (Å²) in [5.74, 6) is -0.381. The average molecular weight is 268 g/mol. The minimum atomic E-state index is -0.499. The van der Waals surface area contributed by atoms with Crippen molar-refractivity contribution in [1.82, 2.24) is 0 Å². The normalized spacial score (nSPS) is 10.1. The Bertz CT molecular complexity index is 377. The van der Waals surface area contributed by atoms with Crippen molar-refractivity contribution in [2.24, 2.45) is 0 Å². The number of hydrogen-bond donors (Lipinski definition) is 0. The van der Waals surface area contributed by atoms with E-state index in [1.54, 1.807) is 19.1 Å². The van der Waals surface area contributed by atoms with Crippen molar-refractivity contribution in [3.8, 4) is 0 Å². The fourth-order valence-corrected chi connectivity index (χ4v) is 1.97. The molecule has 82 valence electrons. The van der Waals surface area contributed by atoms with E-state index < -0.39 is 5.97 Å². The molecule has 1 aromatic rings. The number of rotatable bonds is 3. The van der Waals surface area contributed by atoms with Crippen molar-refractivity contribution < 1.29 is 9.53 Å². The first kappa shape index (κ1) is 12.6. The first-order valence-electron chi connectivity index (χ1n) is 4.31. The van der Waals surface area contributed by atoms with E-state index in [4.69, 9.17) is 39.5 Å². The van der Waals surface area contributed by atoms with Crippen LogP contribution in [0.2, 0.25) is 10.0 Å². The van der Waals surface area contributed by atoms with Crippen molar-refractivity contribution in [2.75, 3.05) is 6.61 Å². The molecule has 0 spiro atoms. The SMILES string of the molecule is CCOC(=O)c1c(Cl)ccc(Cl)c1CCl. The predicted molar refractivity (Wildman–Crippen MR) is 62.0 cm³/mol. The van der Waals surface area contributed by atoms with Gasteiger partial charge in [0.2, 0.25) is 0 Å². The van der Waals surface area contributed by atoms with Gasteiger partial charge in [0.05, 0.1) is 17.2 Å². The largest absolute Gasteiger partial charge is 0.462 e. The van der Waals surface area contributed by atoms with Crippen LogP contribution in [0.15, 0.2) is 12.1 Å². The maximum absolute atomic E-state index is 11.6. The summed E-state index contributed by atoms with van der Waals surface area (Å²) in [6.45, 7) is 2.00. The standard InChI is InChI=1S/C10H9Cl3O2/c1-2-15-10(14)9-6(5-11)7(12)3-4-8(9)13/h3-4H,2,5H2,1H3. The van der Waals surface area contributed by atoms with E-state index >= 15 is 0 Å². The number of benzene rings is 1. The summed E-state index contributed by atoms with van der Waals surface area (Å²) in [6, 6.07) is 3.15. The minimum absolute atomic E-state index is 0.119. The van der Waals surface area contributed by atoms with Crippen LogP contribution in [0, 0.1) is 0 Å². The molecule has 0 aromatic heterocycles. The Hall–Kier alpha value is -0.440. The molecule has 0 saturated carbocycles. The Balaban J connectivity index is 3.24. The number of hydrogen-bond acceptors (Lipinski definition) is 2. The van der Waals surface area contributed by atoms with Gasteiger partial charge in [-0.05, 0) is 19.1 Å². The summed E-state index contributed by atoms with van der Waals surface area (Å²) in [6.07, 6.45) is 0. The third kappa shape index (κ3) is 2.77. The lowest BCUT2D eigenvalue weighted by atomic mass is 10.1. The van der Waals surface area contributed by atoms with Crippen molar-refractivity contribution in [1.29, 1.82) is 0 Å². The highest BCUT2D eigenvalue weighted by Crippen LogP contribution is 2.29. The second kappa shape index (κ2) is 5.59. The van der Waals surface area contributed by atoms with Gasteiger partial charge in [0, 0.05) is 16.5 Å². The van der Waals surface area contributed by atoms with E-state index in [2.05, 4.69) is 0 Å². The van der Waals surface area contributed by atoms with Crippen LogP contribution in [0.1, 0.15) is 22.8 Å². The highest BCUT2D eigenvalue weighted by molar-refractivity contribution is 6.37. The highest BCUT2D eigenvalue weighted by Gasteiger charge is 2.18. The molecule has 1 rings (SSSR count). The zero-order valence-electron chi connectivity index (χ0n) is 8.02. The van der Waals surface area contributed by atoms with Gasteiger partial charge >= 0.3 is 5.97 Å². The fraction of sp³-hybridized carbons (Fsp3) is 0.300. The van der Waals surface area contributed by atoms with E-state index in [1.165, 1.54) is 0 Å².